The third-order valence-corrected chi connectivity index (χ3v) is 3.35. The molecule has 3 heterocycles. The molecule has 0 spiro atoms. The van der Waals surface area contributed by atoms with Crippen molar-refractivity contribution in [2.45, 2.75) is 32.6 Å². The second kappa shape index (κ2) is 3.85. The number of alkyl halides is 2. The molecule has 7 heteroatoms. The Morgan fingerprint density at radius 1 is 1.32 bits per heavy atom. The highest BCUT2D eigenvalue weighted by Crippen LogP contribution is 2.37. The molecule has 102 valence electrons. The van der Waals surface area contributed by atoms with Crippen molar-refractivity contribution in [2.75, 3.05) is 18.0 Å². The molecule has 19 heavy (non-hydrogen) atoms. The summed E-state index contributed by atoms with van der Waals surface area (Å²) in [6, 6.07) is 0. The number of hydrogen-bond acceptors (Lipinski definition) is 4. The first-order valence-corrected chi connectivity index (χ1v) is 6.22. The highest BCUT2D eigenvalue weighted by molar-refractivity contribution is 5.58. The fraction of sp³-hybridized carbons (Fsp3) is 0.583. The zero-order valence-corrected chi connectivity index (χ0v) is 11.1. The maximum Gasteiger partial charge on any atom is 0.282 e. The van der Waals surface area contributed by atoms with Crippen LogP contribution in [-0.2, 0) is 0 Å². The van der Waals surface area contributed by atoms with Gasteiger partial charge in [-0.25, -0.2) is 13.8 Å². The Morgan fingerprint density at radius 2 is 2.00 bits per heavy atom. The van der Waals surface area contributed by atoms with E-state index in [0.717, 1.165) is 11.3 Å². The highest BCUT2D eigenvalue weighted by Gasteiger charge is 2.46. The molecule has 2 aromatic heterocycles. The first-order valence-electron chi connectivity index (χ1n) is 6.22. The first-order chi connectivity index (χ1) is 8.89. The van der Waals surface area contributed by atoms with Crippen LogP contribution < -0.4 is 4.90 Å². The largest absolute Gasteiger partial charge is 0.344 e. The highest BCUT2D eigenvalue weighted by atomic mass is 19.3. The molecule has 2 aromatic rings. The number of halogens is 2. The topological polar surface area (TPSA) is 46.3 Å². The second-order valence-electron chi connectivity index (χ2n) is 5.27. The number of hydrogen-bond donors (Lipinski definition) is 0. The van der Waals surface area contributed by atoms with Crippen LogP contribution in [-0.4, -0.2) is 38.6 Å². The van der Waals surface area contributed by atoms with Crippen molar-refractivity contribution in [1.82, 2.24) is 19.6 Å². The quantitative estimate of drug-likeness (QED) is 0.835. The average Bonchev–Trinajstić information content (AvgIpc) is 2.70. The summed E-state index contributed by atoms with van der Waals surface area (Å²) in [5.74, 6) is -1.28. The van der Waals surface area contributed by atoms with Gasteiger partial charge in [-0.05, 0) is 12.8 Å². The van der Waals surface area contributed by atoms with Gasteiger partial charge < -0.3 is 4.90 Å². The second-order valence-corrected chi connectivity index (χ2v) is 5.27. The third-order valence-electron chi connectivity index (χ3n) is 3.35. The zero-order valence-electron chi connectivity index (χ0n) is 11.1. The molecule has 0 amide bonds. The van der Waals surface area contributed by atoms with Gasteiger partial charge in [-0.1, -0.05) is 13.8 Å². The lowest BCUT2D eigenvalue weighted by Gasteiger charge is -2.41. The van der Waals surface area contributed by atoms with E-state index in [-0.39, 0.29) is 19.0 Å². The number of aryl methyl sites for hydroxylation is 1. The Labute approximate surface area is 109 Å². The molecule has 5 nitrogen and oxygen atoms in total. The van der Waals surface area contributed by atoms with Gasteiger partial charge in [0.1, 0.15) is 12.1 Å². The Morgan fingerprint density at radius 3 is 2.58 bits per heavy atom. The van der Waals surface area contributed by atoms with Crippen LogP contribution in [0.1, 0.15) is 31.0 Å². The number of nitrogens with zero attached hydrogens (tertiary/aromatic N) is 5. The summed E-state index contributed by atoms with van der Waals surface area (Å²) in [7, 11) is 0. The van der Waals surface area contributed by atoms with E-state index in [1.807, 2.05) is 20.8 Å². The van der Waals surface area contributed by atoms with Crippen molar-refractivity contribution < 1.29 is 8.78 Å². The molecule has 1 aliphatic heterocycles. The number of anilines is 1. The van der Waals surface area contributed by atoms with Crippen molar-refractivity contribution in [3.63, 3.8) is 0 Å². The third kappa shape index (κ3) is 1.84. The van der Waals surface area contributed by atoms with Gasteiger partial charge in [-0.15, -0.1) is 0 Å². The normalized spacial score (nSPS) is 18.1. The maximum absolute atomic E-state index is 13.1. The lowest BCUT2D eigenvalue weighted by atomic mass is 10.00. The monoisotopic (exact) mass is 267 g/mol. The van der Waals surface area contributed by atoms with Crippen LogP contribution >= 0.6 is 0 Å². The number of rotatable bonds is 2. The van der Waals surface area contributed by atoms with Crippen LogP contribution in [0.4, 0.5) is 14.6 Å². The van der Waals surface area contributed by atoms with Gasteiger partial charge in [-0.2, -0.15) is 14.6 Å². The van der Waals surface area contributed by atoms with Crippen LogP contribution in [0.3, 0.4) is 0 Å². The molecule has 1 saturated heterocycles. The molecule has 0 bridgehead atoms. The average molecular weight is 267 g/mol. The van der Waals surface area contributed by atoms with Gasteiger partial charge in [-0.3, -0.25) is 0 Å². The van der Waals surface area contributed by atoms with Crippen LogP contribution in [0.15, 0.2) is 6.33 Å². The van der Waals surface area contributed by atoms with Gasteiger partial charge in [0.2, 0.25) is 0 Å². The van der Waals surface area contributed by atoms with Crippen molar-refractivity contribution in [3.8, 4) is 0 Å². The van der Waals surface area contributed by atoms with Crippen molar-refractivity contribution in [3.05, 3.63) is 17.6 Å². The molecule has 0 saturated carbocycles. The van der Waals surface area contributed by atoms with Crippen LogP contribution in [0.5, 0.6) is 0 Å². The first kappa shape index (κ1) is 12.3. The van der Waals surface area contributed by atoms with E-state index in [1.54, 1.807) is 9.42 Å². The van der Waals surface area contributed by atoms with E-state index in [9.17, 15) is 8.78 Å². The van der Waals surface area contributed by atoms with E-state index in [1.165, 1.54) is 6.33 Å². The molecular formula is C12H15F2N5. The fourth-order valence-electron chi connectivity index (χ4n) is 2.59. The Bertz CT molecular complexity index is 626. The predicted octanol–water partition coefficient (Wildman–Crippen LogP) is 2.01. The van der Waals surface area contributed by atoms with E-state index in [0.29, 0.717) is 11.6 Å². The Kier molecular flexibility index (Phi) is 2.48. The summed E-state index contributed by atoms with van der Waals surface area (Å²) < 4.78 is 27.8. The minimum Gasteiger partial charge on any atom is -0.344 e. The molecule has 3 rings (SSSR count). The van der Waals surface area contributed by atoms with Gasteiger partial charge >= 0.3 is 0 Å². The summed E-state index contributed by atoms with van der Waals surface area (Å²) in [6.45, 7) is 5.38. The number of aromatic nitrogens is 4. The summed E-state index contributed by atoms with van der Waals surface area (Å²) in [4.78, 5) is 10.1. The van der Waals surface area contributed by atoms with Gasteiger partial charge in [0.15, 0.2) is 0 Å². The summed E-state index contributed by atoms with van der Waals surface area (Å²) in [5.41, 5.74) is 1.77. The van der Waals surface area contributed by atoms with Crippen molar-refractivity contribution in [1.29, 1.82) is 0 Å². The van der Waals surface area contributed by atoms with Crippen LogP contribution in [0.25, 0.3) is 5.78 Å². The SMILES string of the molecule is Cc1nc2ncnn2c(N2CC(F)(F)C2)c1C(C)C. The zero-order chi connectivity index (χ0) is 13.8. The van der Waals surface area contributed by atoms with Gasteiger partial charge in [0, 0.05) is 11.3 Å². The standard InChI is InChI=1S/C12H15F2N5/c1-7(2)9-8(3)17-11-15-6-16-19(11)10(9)18-4-12(13,14)5-18/h6-7H,4-5H2,1-3H3. The van der Waals surface area contributed by atoms with E-state index in [2.05, 4.69) is 15.1 Å². The van der Waals surface area contributed by atoms with E-state index in [4.69, 9.17) is 0 Å². The van der Waals surface area contributed by atoms with Crippen molar-refractivity contribution in [2.24, 2.45) is 0 Å². The lowest BCUT2D eigenvalue weighted by molar-refractivity contribution is -0.0270. The fourth-order valence-corrected chi connectivity index (χ4v) is 2.59. The van der Waals surface area contributed by atoms with Gasteiger partial charge in [0.25, 0.3) is 11.7 Å². The molecule has 0 unspecified atom stereocenters. The summed E-state index contributed by atoms with van der Waals surface area (Å²) in [5, 5.41) is 4.11. The van der Waals surface area contributed by atoms with E-state index < -0.39 is 5.92 Å². The smallest absolute Gasteiger partial charge is 0.282 e. The molecule has 0 radical (unpaired) electrons. The minimum absolute atomic E-state index is 0.185. The molecule has 1 fully saturated rings. The maximum atomic E-state index is 13.1. The number of fused-ring (bicyclic) bond motifs is 1. The predicted molar refractivity (Wildman–Crippen MR) is 66.8 cm³/mol. The molecule has 0 aliphatic carbocycles. The molecule has 0 aromatic carbocycles. The van der Waals surface area contributed by atoms with Crippen LogP contribution in [0.2, 0.25) is 0 Å². The van der Waals surface area contributed by atoms with E-state index >= 15 is 0 Å². The van der Waals surface area contributed by atoms with Gasteiger partial charge in [0.05, 0.1) is 13.1 Å². The molecule has 1 aliphatic rings. The van der Waals surface area contributed by atoms with Crippen molar-refractivity contribution >= 4 is 11.6 Å². The summed E-state index contributed by atoms with van der Waals surface area (Å²) in [6.07, 6.45) is 1.40. The molecule has 0 atom stereocenters. The summed E-state index contributed by atoms with van der Waals surface area (Å²) >= 11 is 0. The van der Waals surface area contributed by atoms with Crippen LogP contribution in [0, 0.1) is 6.92 Å². The molecule has 0 N–H and O–H groups in total. The lowest BCUT2D eigenvalue weighted by Crippen LogP contribution is -2.57. The molecular weight excluding hydrogens is 252 g/mol. The Balaban J connectivity index is 2.19. The minimum atomic E-state index is -2.61. The Hall–Kier alpha value is -1.79.